The van der Waals surface area contributed by atoms with Crippen LogP contribution in [0.3, 0.4) is 0 Å². The number of nitrogens with two attached hydrogens (primary N) is 1. The fourth-order valence-corrected chi connectivity index (χ4v) is 5.58. The van der Waals surface area contributed by atoms with Crippen LogP contribution in [-0.2, 0) is 24.1 Å². The molecule has 0 radical (unpaired) electrons. The highest BCUT2D eigenvalue weighted by molar-refractivity contribution is 5.85. The molecule has 3 N–H and O–H groups in total. The van der Waals surface area contributed by atoms with Gasteiger partial charge in [0.25, 0.3) is 0 Å². The molecule has 7 heteroatoms. The minimum atomic E-state index is -0.830. The predicted molar refractivity (Wildman–Crippen MR) is 122 cm³/mol. The SMILES string of the molecule is C[C@@H]1CN([C@@]2(N)Cc3cc(N4CCc5[nH]c6cc(F)ccc6c5C4)ccc3O2)C[C@H](C)O1. The molecule has 0 amide bonds. The topological polar surface area (TPSA) is 66.8 Å². The number of rotatable bonds is 2. The summed E-state index contributed by atoms with van der Waals surface area (Å²) < 4.78 is 25.8. The van der Waals surface area contributed by atoms with Crippen LogP contribution >= 0.6 is 0 Å². The smallest absolute Gasteiger partial charge is 0.222 e. The van der Waals surface area contributed by atoms with Gasteiger partial charge >= 0.3 is 0 Å². The standard InChI is InChI=1S/C25H29FN4O2/c1-15-12-30(13-16(2)31-15)25(27)11-17-9-19(4-6-24(17)32-25)29-8-7-22-21(14-29)20-5-3-18(26)10-23(20)28-22/h3-6,9-10,15-16,28H,7-8,11-14,27H2,1-2H3/t15-,16+,25-/m0/s1. The summed E-state index contributed by atoms with van der Waals surface area (Å²) in [4.78, 5) is 8.00. The quantitative estimate of drug-likeness (QED) is 0.644. The van der Waals surface area contributed by atoms with E-state index in [1.54, 1.807) is 6.07 Å². The number of ether oxygens (including phenoxy) is 2. The number of hydrogen-bond acceptors (Lipinski definition) is 5. The third-order valence-electron chi connectivity index (χ3n) is 7.03. The third kappa shape index (κ3) is 3.27. The molecule has 0 bridgehead atoms. The van der Waals surface area contributed by atoms with Crippen molar-refractivity contribution in [2.45, 2.75) is 51.3 Å². The van der Waals surface area contributed by atoms with Gasteiger partial charge in [0, 0.05) is 72.4 Å². The van der Waals surface area contributed by atoms with Gasteiger partial charge < -0.3 is 19.4 Å². The van der Waals surface area contributed by atoms with Gasteiger partial charge in [-0.2, -0.15) is 0 Å². The summed E-state index contributed by atoms with van der Waals surface area (Å²) >= 11 is 0. The maximum Gasteiger partial charge on any atom is 0.222 e. The summed E-state index contributed by atoms with van der Waals surface area (Å²) in [5.74, 6) is -0.173. The van der Waals surface area contributed by atoms with Crippen molar-refractivity contribution in [2.24, 2.45) is 5.73 Å². The second kappa shape index (κ2) is 7.20. The highest BCUT2D eigenvalue weighted by Crippen LogP contribution is 2.39. The van der Waals surface area contributed by atoms with E-state index in [-0.39, 0.29) is 18.0 Å². The van der Waals surface area contributed by atoms with Gasteiger partial charge in [-0.25, -0.2) is 9.29 Å². The van der Waals surface area contributed by atoms with Gasteiger partial charge in [-0.15, -0.1) is 0 Å². The Hall–Kier alpha value is -2.61. The van der Waals surface area contributed by atoms with Gasteiger partial charge in [-0.05, 0) is 50.2 Å². The van der Waals surface area contributed by atoms with E-state index in [0.717, 1.165) is 54.8 Å². The fraction of sp³-hybridized carbons (Fsp3) is 0.440. The average molecular weight is 437 g/mol. The number of H-pyrrole nitrogens is 1. The van der Waals surface area contributed by atoms with E-state index >= 15 is 0 Å². The van der Waals surface area contributed by atoms with Crippen molar-refractivity contribution < 1.29 is 13.9 Å². The van der Waals surface area contributed by atoms with Crippen molar-refractivity contribution in [2.75, 3.05) is 24.5 Å². The molecule has 6 nitrogen and oxygen atoms in total. The molecular formula is C25H29FN4O2. The number of aromatic nitrogens is 1. The average Bonchev–Trinajstić information content (AvgIpc) is 3.28. The number of nitrogens with one attached hydrogen (secondary N) is 1. The molecule has 32 heavy (non-hydrogen) atoms. The van der Waals surface area contributed by atoms with Crippen LogP contribution < -0.4 is 15.4 Å². The summed E-state index contributed by atoms with van der Waals surface area (Å²) in [5, 5.41) is 1.10. The zero-order chi connectivity index (χ0) is 22.0. The van der Waals surface area contributed by atoms with Crippen molar-refractivity contribution in [3.8, 4) is 5.75 Å². The maximum absolute atomic E-state index is 13.6. The summed E-state index contributed by atoms with van der Waals surface area (Å²) in [6.07, 6.45) is 1.83. The Kier molecular flexibility index (Phi) is 4.51. The van der Waals surface area contributed by atoms with E-state index in [0.29, 0.717) is 6.42 Å². The molecule has 1 fully saturated rings. The molecule has 0 aliphatic carbocycles. The normalized spacial score (nSPS) is 27.9. The summed E-state index contributed by atoms with van der Waals surface area (Å²) in [6.45, 7) is 7.39. The maximum atomic E-state index is 13.6. The molecule has 2 aromatic carbocycles. The van der Waals surface area contributed by atoms with Gasteiger partial charge in [-0.1, -0.05) is 0 Å². The van der Waals surface area contributed by atoms with Crippen LogP contribution in [0.15, 0.2) is 36.4 Å². The molecule has 3 aromatic rings. The first-order valence-corrected chi connectivity index (χ1v) is 11.4. The Bertz CT molecular complexity index is 1180. The van der Waals surface area contributed by atoms with Crippen molar-refractivity contribution in [3.63, 3.8) is 0 Å². The number of fused-ring (bicyclic) bond motifs is 4. The summed E-state index contributed by atoms with van der Waals surface area (Å²) in [5.41, 5.74) is 12.4. The van der Waals surface area contributed by atoms with Crippen molar-refractivity contribution in [3.05, 3.63) is 59.0 Å². The van der Waals surface area contributed by atoms with Crippen LogP contribution in [-0.4, -0.2) is 47.6 Å². The van der Waals surface area contributed by atoms with Crippen LogP contribution in [0.1, 0.15) is 30.7 Å². The molecule has 1 aromatic heterocycles. The number of nitrogens with zero attached hydrogens (tertiary/aromatic N) is 2. The number of hydrogen-bond donors (Lipinski definition) is 2. The van der Waals surface area contributed by atoms with Crippen molar-refractivity contribution in [1.82, 2.24) is 9.88 Å². The lowest BCUT2D eigenvalue weighted by atomic mass is 10.0. The van der Waals surface area contributed by atoms with E-state index in [9.17, 15) is 4.39 Å². The Morgan fingerprint density at radius 1 is 1.12 bits per heavy atom. The Morgan fingerprint density at radius 2 is 1.94 bits per heavy atom. The number of benzene rings is 2. The second-order valence-electron chi connectivity index (χ2n) is 9.52. The molecule has 0 unspecified atom stereocenters. The molecule has 3 atom stereocenters. The number of halogens is 1. The predicted octanol–water partition coefficient (Wildman–Crippen LogP) is 3.53. The van der Waals surface area contributed by atoms with E-state index in [1.165, 1.54) is 23.0 Å². The third-order valence-corrected chi connectivity index (χ3v) is 7.03. The van der Waals surface area contributed by atoms with Gasteiger partial charge in [0.15, 0.2) is 0 Å². The van der Waals surface area contributed by atoms with Crippen molar-refractivity contribution in [1.29, 1.82) is 0 Å². The zero-order valence-electron chi connectivity index (χ0n) is 18.5. The van der Waals surface area contributed by atoms with Crippen LogP contribution in [0.2, 0.25) is 0 Å². The molecule has 0 saturated carbocycles. The Morgan fingerprint density at radius 3 is 2.75 bits per heavy atom. The van der Waals surface area contributed by atoms with E-state index < -0.39 is 5.85 Å². The number of anilines is 1. The monoisotopic (exact) mass is 436 g/mol. The first-order valence-electron chi connectivity index (χ1n) is 11.4. The fourth-order valence-electron chi connectivity index (χ4n) is 5.58. The second-order valence-corrected chi connectivity index (χ2v) is 9.52. The lowest BCUT2D eigenvalue weighted by molar-refractivity contribution is -0.152. The Labute approximate surface area is 187 Å². The van der Waals surface area contributed by atoms with Gasteiger partial charge in [0.1, 0.15) is 11.6 Å². The number of morpholine rings is 1. The number of aromatic amines is 1. The zero-order valence-corrected chi connectivity index (χ0v) is 18.5. The van der Waals surface area contributed by atoms with Gasteiger partial charge in [-0.3, -0.25) is 5.73 Å². The van der Waals surface area contributed by atoms with Gasteiger partial charge in [0.2, 0.25) is 5.85 Å². The lowest BCUT2D eigenvalue weighted by Gasteiger charge is -2.43. The molecule has 1 saturated heterocycles. The van der Waals surface area contributed by atoms with Gasteiger partial charge in [0.05, 0.1) is 12.2 Å². The highest BCUT2D eigenvalue weighted by atomic mass is 19.1. The van der Waals surface area contributed by atoms with E-state index in [2.05, 4.69) is 40.8 Å². The molecule has 6 rings (SSSR count). The first kappa shape index (κ1) is 20.0. The molecular weight excluding hydrogens is 407 g/mol. The summed E-state index contributed by atoms with van der Waals surface area (Å²) in [7, 11) is 0. The molecule has 168 valence electrons. The van der Waals surface area contributed by atoms with Crippen LogP contribution in [0.25, 0.3) is 10.9 Å². The molecule has 3 aliphatic rings. The minimum absolute atomic E-state index is 0.134. The van der Waals surface area contributed by atoms with Crippen molar-refractivity contribution >= 4 is 16.6 Å². The van der Waals surface area contributed by atoms with Crippen LogP contribution in [0.5, 0.6) is 5.75 Å². The van der Waals surface area contributed by atoms with Crippen LogP contribution in [0.4, 0.5) is 10.1 Å². The minimum Gasteiger partial charge on any atom is -0.459 e. The lowest BCUT2D eigenvalue weighted by Crippen LogP contribution is -2.64. The van der Waals surface area contributed by atoms with Crippen LogP contribution in [0, 0.1) is 5.82 Å². The van der Waals surface area contributed by atoms with E-state index in [1.807, 2.05) is 12.1 Å². The first-order chi connectivity index (χ1) is 15.4. The highest BCUT2D eigenvalue weighted by Gasteiger charge is 2.44. The molecule has 3 aliphatic heterocycles. The Balaban J connectivity index is 1.25. The molecule has 4 heterocycles. The molecule has 0 spiro atoms. The summed E-state index contributed by atoms with van der Waals surface area (Å²) in [6, 6.07) is 11.4. The largest absolute Gasteiger partial charge is 0.459 e. The van der Waals surface area contributed by atoms with E-state index in [4.69, 9.17) is 15.2 Å².